The summed E-state index contributed by atoms with van der Waals surface area (Å²) in [4.78, 5) is 15.2. The minimum atomic E-state index is 0.616. The minimum Gasteiger partial charge on any atom is -0.456 e. The number of aromatic nitrogens is 3. The lowest BCUT2D eigenvalue weighted by Crippen LogP contribution is -2.09. The molecule has 43 heavy (non-hydrogen) atoms. The third-order valence-corrected chi connectivity index (χ3v) is 8.32. The van der Waals surface area contributed by atoms with Crippen molar-refractivity contribution in [2.45, 2.75) is 6.54 Å². The molecule has 0 spiro atoms. The highest BCUT2D eigenvalue weighted by atomic mass is 16.3. The Morgan fingerprint density at radius 3 is 1.91 bits per heavy atom. The van der Waals surface area contributed by atoms with E-state index in [1.807, 2.05) is 18.3 Å². The van der Waals surface area contributed by atoms with Crippen molar-refractivity contribution in [1.82, 2.24) is 20.3 Å². The van der Waals surface area contributed by atoms with Crippen LogP contribution in [0, 0.1) is 0 Å². The zero-order chi connectivity index (χ0) is 28.3. The summed E-state index contributed by atoms with van der Waals surface area (Å²) in [6, 6.07) is 39.9. The first-order chi connectivity index (χ1) is 21.3. The van der Waals surface area contributed by atoms with E-state index in [2.05, 4.69) is 115 Å². The van der Waals surface area contributed by atoms with E-state index in [0.29, 0.717) is 17.5 Å². The summed E-state index contributed by atoms with van der Waals surface area (Å²) in [7, 11) is 0. The van der Waals surface area contributed by atoms with Crippen molar-refractivity contribution in [3.63, 3.8) is 0 Å². The minimum absolute atomic E-state index is 0.616. The molecule has 202 valence electrons. The number of hydrogen-bond acceptors (Lipinski definition) is 5. The molecule has 1 aliphatic heterocycles. The van der Waals surface area contributed by atoms with Gasteiger partial charge in [0.25, 0.3) is 0 Å². The van der Waals surface area contributed by atoms with Crippen LogP contribution in [0.4, 0.5) is 0 Å². The molecule has 0 atom stereocenters. The molecule has 0 aliphatic carbocycles. The normalized spacial score (nSPS) is 12.7. The number of hydrogen-bond donors (Lipinski definition) is 1. The summed E-state index contributed by atoms with van der Waals surface area (Å²) >= 11 is 0. The number of nitrogens with zero attached hydrogens (tertiary/aromatic N) is 3. The molecule has 0 saturated heterocycles. The van der Waals surface area contributed by atoms with E-state index in [9.17, 15) is 0 Å². The maximum absolute atomic E-state index is 6.38. The Morgan fingerprint density at radius 1 is 0.558 bits per heavy atom. The highest BCUT2D eigenvalue weighted by Gasteiger charge is 2.19. The Bertz CT molecular complexity index is 2320. The molecule has 9 rings (SSSR count). The van der Waals surface area contributed by atoms with Crippen molar-refractivity contribution >= 4 is 49.6 Å². The van der Waals surface area contributed by atoms with Gasteiger partial charge in [0.2, 0.25) is 0 Å². The molecule has 1 aliphatic rings. The van der Waals surface area contributed by atoms with Crippen LogP contribution in [0.25, 0.3) is 83.7 Å². The van der Waals surface area contributed by atoms with E-state index in [1.54, 1.807) is 0 Å². The first-order valence-corrected chi connectivity index (χ1v) is 14.4. The third-order valence-electron chi connectivity index (χ3n) is 8.32. The summed E-state index contributed by atoms with van der Waals surface area (Å²) in [5, 5.41) is 10.0. The number of benzene rings is 6. The standard InChI is InChI=1S/C38H24N4O/c1-3-8-25-18-28(14-12-23(25)6-1)36-40-37(29-15-13-24-7-2-4-9-26(24)19-29)42-38(41-36)31-10-5-11-33-35(31)32-20-30-22-39-17-16-27(30)21-34(32)43-33/h1-21,39H,22H2. The molecule has 0 bridgehead atoms. The lowest BCUT2D eigenvalue weighted by molar-refractivity contribution is 0.668. The number of fused-ring (bicyclic) bond motifs is 6. The molecule has 1 N–H and O–H groups in total. The van der Waals surface area contributed by atoms with Gasteiger partial charge < -0.3 is 9.73 Å². The first kappa shape index (κ1) is 23.9. The molecule has 5 heteroatoms. The topological polar surface area (TPSA) is 63.8 Å². The van der Waals surface area contributed by atoms with E-state index in [-0.39, 0.29) is 0 Å². The van der Waals surface area contributed by atoms with Gasteiger partial charge in [-0.1, -0.05) is 84.9 Å². The second-order valence-corrected chi connectivity index (χ2v) is 11.0. The second kappa shape index (κ2) is 9.36. The van der Waals surface area contributed by atoms with Crippen LogP contribution in [-0.2, 0) is 6.54 Å². The number of nitrogens with one attached hydrogen (secondary N) is 1. The molecule has 0 saturated carbocycles. The summed E-state index contributed by atoms with van der Waals surface area (Å²) in [5.41, 5.74) is 6.88. The van der Waals surface area contributed by atoms with Crippen molar-refractivity contribution in [2.75, 3.05) is 0 Å². The molecule has 0 amide bonds. The fourth-order valence-corrected chi connectivity index (χ4v) is 6.16. The summed E-state index contributed by atoms with van der Waals surface area (Å²) < 4.78 is 6.38. The maximum Gasteiger partial charge on any atom is 0.164 e. The van der Waals surface area contributed by atoms with Gasteiger partial charge in [-0.3, -0.25) is 0 Å². The van der Waals surface area contributed by atoms with Crippen LogP contribution in [0.15, 0.2) is 126 Å². The smallest absolute Gasteiger partial charge is 0.164 e. The van der Waals surface area contributed by atoms with Gasteiger partial charge in [0.1, 0.15) is 11.2 Å². The van der Waals surface area contributed by atoms with Crippen LogP contribution >= 0.6 is 0 Å². The fourth-order valence-electron chi connectivity index (χ4n) is 6.16. The average Bonchev–Trinajstić information content (AvgIpc) is 3.44. The van der Waals surface area contributed by atoms with E-state index in [1.165, 1.54) is 21.9 Å². The Kier molecular flexibility index (Phi) is 5.19. The molecule has 3 heterocycles. The van der Waals surface area contributed by atoms with Gasteiger partial charge in [-0.05, 0) is 75.3 Å². The van der Waals surface area contributed by atoms with Crippen molar-refractivity contribution in [1.29, 1.82) is 0 Å². The van der Waals surface area contributed by atoms with Gasteiger partial charge in [0, 0.05) is 34.0 Å². The predicted octanol–water partition coefficient (Wildman–Crippen LogP) is 9.15. The Balaban J connectivity index is 1.30. The third kappa shape index (κ3) is 3.97. The SMILES string of the molecule is C1=Cc2cc3oc4cccc(-c5nc(-c6ccc7ccccc7c6)nc(-c6ccc7ccccc7c6)n5)c4c3cc2CN1. The Hall–Kier alpha value is -5.81. The van der Waals surface area contributed by atoms with E-state index in [0.717, 1.165) is 55.9 Å². The fraction of sp³-hybridized carbons (Fsp3) is 0.0263. The van der Waals surface area contributed by atoms with Crippen LogP contribution in [0.1, 0.15) is 11.1 Å². The molecule has 0 unspecified atom stereocenters. The van der Waals surface area contributed by atoms with Crippen LogP contribution in [0.3, 0.4) is 0 Å². The maximum atomic E-state index is 6.38. The van der Waals surface area contributed by atoms with Gasteiger partial charge in [-0.15, -0.1) is 0 Å². The molecule has 6 aromatic carbocycles. The van der Waals surface area contributed by atoms with Crippen LogP contribution in [-0.4, -0.2) is 15.0 Å². The molecule has 8 aromatic rings. The van der Waals surface area contributed by atoms with Gasteiger partial charge in [-0.2, -0.15) is 0 Å². The Labute approximate surface area is 247 Å². The van der Waals surface area contributed by atoms with E-state index >= 15 is 0 Å². The molecule has 0 radical (unpaired) electrons. The first-order valence-electron chi connectivity index (χ1n) is 14.4. The molecular formula is C38H24N4O. The second-order valence-electron chi connectivity index (χ2n) is 11.0. The zero-order valence-corrected chi connectivity index (χ0v) is 23.1. The highest BCUT2D eigenvalue weighted by Crippen LogP contribution is 2.38. The van der Waals surface area contributed by atoms with Crippen molar-refractivity contribution < 1.29 is 4.42 Å². The van der Waals surface area contributed by atoms with E-state index < -0.39 is 0 Å². The molecule has 0 fully saturated rings. The number of furan rings is 1. The molecule has 2 aromatic heterocycles. The van der Waals surface area contributed by atoms with Crippen LogP contribution < -0.4 is 5.32 Å². The number of rotatable bonds is 3. The van der Waals surface area contributed by atoms with Crippen molar-refractivity contribution in [3.8, 4) is 34.2 Å². The van der Waals surface area contributed by atoms with Gasteiger partial charge in [0.05, 0.1) is 0 Å². The van der Waals surface area contributed by atoms with Crippen molar-refractivity contribution in [3.05, 3.63) is 133 Å². The zero-order valence-electron chi connectivity index (χ0n) is 23.1. The lowest BCUT2D eigenvalue weighted by atomic mass is 9.99. The van der Waals surface area contributed by atoms with Gasteiger partial charge >= 0.3 is 0 Å². The summed E-state index contributed by atoms with van der Waals surface area (Å²) in [6.45, 7) is 0.778. The largest absolute Gasteiger partial charge is 0.456 e. The van der Waals surface area contributed by atoms with E-state index in [4.69, 9.17) is 19.4 Å². The quantitative estimate of drug-likeness (QED) is 0.237. The summed E-state index contributed by atoms with van der Waals surface area (Å²) in [6.07, 6.45) is 4.07. The van der Waals surface area contributed by atoms with Gasteiger partial charge in [0.15, 0.2) is 17.5 Å². The van der Waals surface area contributed by atoms with Crippen LogP contribution in [0.5, 0.6) is 0 Å². The Morgan fingerprint density at radius 2 is 1.21 bits per heavy atom. The van der Waals surface area contributed by atoms with Crippen LogP contribution in [0.2, 0.25) is 0 Å². The lowest BCUT2D eigenvalue weighted by Gasteiger charge is -2.12. The molecular weight excluding hydrogens is 528 g/mol. The highest BCUT2D eigenvalue weighted by molar-refractivity contribution is 6.12. The predicted molar refractivity (Wildman–Crippen MR) is 174 cm³/mol. The monoisotopic (exact) mass is 552 g/mol. The summed E-state index contributed by atoms with van der Waals surface area (Å²) in [5.74, 6) is 1.89. The molecule has 5 nitrogen and oxygen atoms in total. The van der Waals surface area contributed by atoms with Gasteiger partial charge in [-0.25, -0.2) is 15.0 Å². The average molecular weight is 553 g/mol. The van der Waals surface area contributed by atoms with Crippen molar-refractivity contribution in [2.24, 2.45) is 0 Å².